The van der Waals surface area contributed by atoms with E-state index in [2.05, 4.69) is 0 Å². The maximum Gasteiger partial charge on any atom is 0.421 e. The second kappa shape index (κ2) is 9.84. The van der Waals surface area contributed by atoms with Gasteiger partial charge in [-0.05, 0) is 48.9 Å². The summed E-state index contributed by atoms with van der Waals surface area (Å²) in [6.07, 6.45) is -9.45. The zero-order valence-electron chi connectivity index (χ0n) is 17.3. The molecule has 0 aliphatic rings. The second-order valence-corrected chi connectivity index (χ2v) is 7.36. The summed E-state index contributed by atoms with van der Waals surface area (Å²) in [6.45, 7) is 2.17. The van der Waals surface area contributed by atoms with E-state index in [1.807, 2.05) is 0 Å². The summed E-state index contributed by atoms with van der Waals surface area (Å²) in [5, 5.41) is 17.9. The molecule has 10 heteroatoms. The molecule has 174 valence electrons. The number of aliphatic hydroxyl groups excluding tert-OH is 2. The Kier molecular flexibility index (Phi) is 8.75. The van der Waals surface area contributed by atoms with Crippen LogP contribution in [0.25, 0.3) is 0 Å². The van der Waals surface area contributed by atoms with Crippen LogP contribution in [0.1, 0.15) is 56.7 Å². The molecule has 0 heterocycles. The first-order valence-electron chi connectivity index (χ1n) is 9.47. The molecule has 0 saturated heterocycles. The van der Waals surface area contributed by atoms with Crippen molar-refractivity contribution in [3.05, 3.63) is 34.9 Å². The van der Waals surface area contributed by atoms with Crippen LogP contribution in [0.3, 0.4) is 0 Å². The summed E-state index contributed by atoms with van der Waals surface area (Å²) in [4.78, 5) is 0. The molecule has 0 amide bonds. The van der Waals surface area contributed by atoms with Gasteiger partial charge in [0.2, 0.25) is 0 Å². The maximum absolute atomic E-state index is 13.9. The van der Waals surface area contributed by atoms with Gasteiger partial charge < -0.3 is 19.7 Å². The van der Waals surface area contributed by atoms with Gasteiger partial charge in [-0.3, -0.25) is 0 Å². The summed E-state index contributed by atoms with van der Waals surface area (Å²) >= 11 is 0. The topological polar surface area (TPSA) is 58.9 Å². The van der Waals surface area contributed by atoms with Crippen molar-refractivity contribution in [1.29, 1.82) is 0 Å². The Morgan fingerprint density at radius 3 is 1.43 bits per heavy atom. The quantitative estimate of drug-likeness (QED) is 0.509. The summed E-state index contributed by atoms with van der Waals surface area (Å²) in [6, 6.07) is 3.11. The van der Waals surface area contributed by atoms with E-state index in [0.717, 1.165) is 6.07 Å². The molecule has 4 nitrogen and oxygen atoms in total. The van der Waals surface area contributed by atoms with E-state index in [1.54, 1.807) is 13.8 Å². The lowest BCUT2D eigenvalue weighted by Gasteiger charge is -2.36. The monoisotopic (exact) mass is 446 g/mol. The number of halogens is 6. The van der Waals surface area contributed by atoms with Crippen molar-refractivity contribution in [2.75, 3.05) is 26.4 Å². The fourth-order valence-electron chi connectivity index (χ4n) is 2.88. The van der Waals surface area contributed by atoms with Gasteiger partial charge >= 0.3 is 12.4 Å². The van der Waals surface area contributed by atoms with Crippen LogP contribution in [-0.4, -0.2) is 49.0 Å². The fourth-order valence-corrected chi connectivity index (χ4v) is 2.88. The minimum Gasteiger partial charge on any atom is -0.394 e. The molecule has 1 aromatic carbocycles. The molecule has 30 heavy (non-hydrogen) atoms. The third-order valence-electron chi connectivity index (χ3n) is 5.28. The number of alkyl halides is 6. The number of hydrogen-bond donors (Lipinski definition) is 2. The maximum atomic E-state index is 13.9. The third-order valence-corrected chi connectivity index (χ3v) is 5.28. The van der Waals surface area contributed by atoms with Crippen LogP contribution in [0.5, 0.6) is 0 Å². The summed E-state index contributed by atoms with van der Waals surface area (Å²) < 4.78 is 93.2. The Labute approximate surface area is 171 Å². The molecule has 3 unspecified atom stereocenters. The van der Waals surface area contributed by atoms with Gasteiger partial charge in [-0.25, -0.2) is 0 Å². The SMILES string of the molecule is CCC(C)c1cc(C(C)(OCCO)C(F)(F)F)cc(C(C)(OCCO)C(F)(F)F)c1. The molecule has 0 bridgehead atoms. The largest absolute Gasteiger partial charge is 0.421 e. The molecular weight excluding hydrogens is 418 g/mol. The lowest BCUT2D eigenvalue weighted by molar-refractivity contribution is -0.281. The van der Waals surface area contributed by atoms with Gasteiger partial charge in [0.15, 0.2) is 11.2 Å². The molecule has 1 aromatic rings. The van der Waals surface area contributed by atoms with Crippen LogP contribution in [0.2, 0.25) is 0 Å². The Morgan fingerprint density at radius 2 is 1.17 bits per heavy atom. The van der Waals surface area contributed by atoms with Crippen molar-refractivity contribution in [1.82, 2.24) is 0 Å². The second-order valence-electron chi connectivity index (χ2n) is 7.36. The van der Waals surface area contributed by atoms with Crippen molar-refractivity contribution >= 4 is 0 Å². The van der Waals surface area contributed by atoms with Gasteiger partial charge in [-0.2, -0.15) is 26.3 Å². The molecule has 0 aliphatic heterocycles. The van der Waals surface area contributed by atoms with Crippen LogP contribution in [0.15, 0.2) is 18.2 Å². The Bertz CT molecular complexity index is 641. The van der Waals surface area contributed by atoms with Gasteiger partial charge in [0.05, 0.1) is 26.4 Å². The normalized spacial score (nSPS) is 18.0. The molecular formula is C20H28F6O4. The van der Waals surface area contributed by atoms with E-state index < -0.39 is 61.1 Å². The molecule has 3 atom stereocenters. The predicted molar refractivity (Wildman–Crippen MR) is 98.0 cm³/mol. The average molecular weight is 446 g/mol. The minimum atomic E-state index is -4.96. The van der Waals surface area contributed by atoms with Crippen LogP contribution in [-0.2, 0) is 20.7 Å². The molecule has 1 rings (SSSR count). The number of ether oxygens (including phenoxy) is 2. The standard InChI is InChI=1S/C20H28F6O4/c1-5-13(2)14-10-15(17(3,19(21,22)23)29-8-6-27)12-16(11-14)18(4,20(24,25)26)30-9-7-28/h10-13,27-28H,5-9H2,1-4H3. The Morgan fingerprint density at radius 1 is 0.800 bits per heavy atom. The smallest absolute Gasteiger partial charge is 0.394 e. The zero-order valence-corrected chi connectivity index (χ0v) is 17.3. The predicted octanol–water partition coefficient (Wildman–Crippen LogP) is 4.77. The first-order chi connectivity index (χ1) is 13.7. The lowest BCUT2D eigenvalue weighted by atomic mass is 9.83. The molecule has 0 aromatic heterocycles. The highest BCUT2D eigenvalue weighted by Gasteiger charge is 2.57. The van der Waals surface area contributed by atoms with Crippen molar-refractivity contribution in [3.8, 4) is 0 Å². The van der Waals surface area contributed by atoms with E-state index in [1.165, 1.54) is 12.1 Å². The van der Waals surface area contributed by atoms with E-state index in [0.29, 0.717) is 20.3 Å². The van der Waals surface area contributed by atoms with E-state index in [4.69, 9.17) is 19.7 Å². The van der Waals surface area contributed by atoms with Crippen molar-refractivity contribution in [2.45, 2.75) is 63.6 Å². The van der Waals surface area contributed by atoms with Crippen molar-refractivity contribution < 1.29 is 46.0 Å². The first-order valence-corrected chi connectivity index (χ1v) is 9.47. The average Bonchev–Trinajstić information content (AvgIpc) is 2.67. The third kappa shape index (κ3) is 5.46. The number of rotatable bonds is 10. The molecule has 2 N–H and O–H groups in total. The highest BCUT2D eigenvalue weighted by molar-refractivity contribution is 5.39. The number of benzene rings is 1. The highest BCUT2D eigenvalue weighted by Crippen LogP contribution is 2.47. The van der Waals surface area contributed by atoms with Crippen LogP contribution < -0.4 is 0 Å². The lowest BCUT2D eigenvalue weighted by Crippen LogP contribution is -2.45. The van der Waals surface area contributed by atoms with Crippen molar-refractivity contribution in [3.63, 3.8) is 0 Å². The van der Waals surface area contributed by atoms with Gasteiger partial charge in [-0.1, -0.05) is 26.0 Å². The summed E-state index contributed by atoms with van der Waals surface area (Å²) in [7, 11) is 0. The Hall–Kier alpha value is -1.36. The summed E-state index contributed by atoms with van der Waals surface area (Å²) in [5.74, 6) is -0.339. The van der Waals surface area contributed by atoms with Gasteiger partial charge in [0, 0.05) is 0 Å². The minimum absolute atomic E-state index is 0.260. The van der Waals surface area contributed by atoms with Crippen LogP contribution in [0, 0.1) is 0 Å². The number of hydrogen-bond acceptors (Lipinski definition) is 4. The van der Waals surface area contributed by atoms with Gasteiger partial charge in [-0.15, -0.1) is 0 Å². The van der Waals surface area contributed by atoms with Crippen LogP contribution in [0.4, 0.5) is 26.3 Å². The Balaban J connectivity index is 3.81. The molecule has 0 fully saturated rings. The highest BCUT2D eigenvalue weighted by atomic mass is 19.4. The van der Waals surface area contributed by atoms with E-state index >= 15 is 0 Å². The zero-order chi connectivity index (χ0) is 23.4. The molecule has 0 radical (unpaired) electrons. The van der Waals surface area contributed by atoms with E-state index in [9.17, 15) is 26.3 Å². The first kappa shape index (κ1) is 26.7. The van der Waals surface area contributed by atoms with Crippen molar-refractivity contribution in [2.24, 2.45) is 0 Å². The van der Waals surface area contributed by atoms with E-state index in [-0.39, 0.29) is 11.5 Å². The van der Waals surface area contributed by atoms with Crippen LogP contribution >= 0.6 is 0 Å². The molecule has 0 saturated carbocycles. The number of aliphatic hydroxyl groups is 2. The van der Waals surface area contributed by atoms with Gasteiger partial charge in [0.1, 0.15) is 0 Å². The fraction of sp³-hybridized carbons (Fsp3) is 0.700. The molecule has 0 spiro atoms. The summed E-state index contributed by atoms with van der Waals surface area (Å²) in [5.41, 5.74) is -6.69. The molecule has 0 aliphatic carbocycles. The van der Waals surface area contributed by atoms with Gasteiger partial charge in [0.25, 0.3) is 0 Å².